The van der Waals surface area contributed by atoms with Crippen LogP contribution in [0.25, 0.3) is 0 Å². The maximum atomic E-state index is 12.8. The van der Waals surface area contributed by atoms with Crippen molar-refractivity contribution in [3.05, 3.63) is 52.4 Å². The third-order valence-corrected chi connectivity index (χ3v) is 9.33. The molecule has 2 fully saturated rings. The van der Waals surface area contributed by atoms with Crippen molar-refractivity contribution in [3.63, 3.8) is 0 Å². The summed E-state index contributed by atoms with van der Waals surface area (Å²) in [6, 6.07) is 8.51. The van der Waals surface area contributed by atoms with Crippen molar-refractivity contribution in [2.24, 2.45) is 0 Å². The molecule has 0 radical (unpaired) electrons. The summed E-state index contributed by atoms with van der Waals surface area (Å²) in [6.45, 7) is 9.67. The molecular weight excluding hydrogens is 516 g/mol. The van der Waals surface area contributed by atoms with E-state index in [1.54, 1.807) is 0 Å². The zero-order chi connectivity index (χ0) is 27.9. The number of benzene rings is 1. The number of piperidine rings is 1. The molecule has 10 heteroatoms. The van der Waals surface area contributed by atoms with Gasteiger partial charge < -0.3 is 25.0 Å². The van der Waals surface area contributed by atoms with Gasteiger partial charge in [-0.05, 0) is 70.4 Å². The number of nitrogens with one attached hydrogen (secondary N) is 2. The quantitative estimate of drug-likeness (QED) is 0.350. The van der Waals surface area contributed by atoms with Crippen LogP contribution in [-0.2, 0) is 29.9 Å². The number of likely N-dealkylation sites (tertiary alicyclic amines) is 1. The predicted octanol–water partition coefficient (Wildman–Crippen LogP) is 2.60. The van der Waals surface area contributed by atoms with E-state index in [1.165, 1.54) is 27.1 Å². The second kappa shape index (κ2) is 13.6. The summed E-state index contributed by atoms with van der Waals surface area (Å²) in [7, 11) is 2.08. The summed E-state index contributed by atoms with van der Waals surface area (Å²) in [5, 5.41) is 6.67. The van der Waals surface area contributed by atoms with E-state index < -0.39 is 28.7 Å². The van der Waals surface area contributed by atoms with Gasteiger partial charge in [0.1, 0.15) is 0 Å². The van der Waals surface area contributed by atoms with E-state index in [2.05, 4.69) is 20.4 Å². The van der Waals surface area contributed by atoms with E-state index in [-0.39, 0.29) is 0 Å². The van der Waals surface area contributed by atoms with E-state index in [4.69, 9.17) is 9.47 Å². The molecule has 0 atom stereocenters. The lowest BCUT2D eigenvalue weighted by molar-refractivity contribution is -0.137. The first-order chi connectivity index (χ1) is 18.8. The van der Waals surface area contributed by atoms with Crippen LogP contribution in [0.15, 0.2) is 46.8 Å². The van der Waals surface area contributed by atoms with Gasteiger partial charge in [-0.3, -0.25) is 9.11 Å². The number of nitrogens with zero attached hydrogens (tertiary/aromatic N) is 2. The number of methoxy groups -OCH3 is 2. The number of anilines is 1. The van der Waals surface area contributed by atoms with Crippen LogP contribution in [0, 0.1) is 0 Å². The fraction of sp³-hybridized carbons (Fsp3) is 0.586. The van der Waals surface area contributed by atoms with Crippen molar-refractivity contribution < 1.29 is 23.3 Å². The average Bonchev–Trinajstić information content (AvgIpc) is 2.95. The lowest BCUT2D eigenvalue weighted by Gasteiger charge is -2.40. The van der Waals surface area contributed by atoms with E-state index in [0.29, 0.717) is 28.6 Å². The summed E-state index contributed by atoms with van der Waals surface area (Å²) < 4.78 is 21.8. The number of ether oxygens (including phenoxy) is 2. The minimum absolute atomic E-state index is 0.405. The highest BCUT2D eigenvalue weighted by molar-refractivity contribution is 7.85. The molecule has 2 saturated heterocycles. The molecule has 0 saturated carbocycles. The lowest BCUT2D eigenvalue weighted by Crippen LogP contribution is -2.49. The van der Waals surface area contributed by atoms with Crippen molar-refractivity contribution in [1.29, 1.82) is 0 Å². The maximum absolute atomic E-state index is 12.8. The smallest absolute Gasteiger partial charge is 0.336 e. The third kappa shape index (κ3) is 7.10. The Morgan fingerprint density at radius 1 is 1.00 bits per heavy atom. The van der Waals surface area contributed by atoms with Crippen molar-refractivity contribution in [2.45, 2.75) is 45.1 Å². The summed E-state index contributed by atoms with van der Waals surface area (Å²) in [6.07, 6.45) is 3.39. The zero-order valence-corrected chi connectivity index (χ0v) is 24.4. The first-order valence-electron chi connectivity index (χ1n) is 13.8. The number of hydrogen-bond acceptors (Lipinski definition) is 9. The molecule has 1 aromatic rings. The van der Waals surface area contributed by atoms with Gasteiger partial charge in [0, 0.05) is 65.1 Å². The molecule has 9 nitrogen and oxygen atoms in total. The summed E-state index contributed by atoms with van der Waals surface area (Å²) in [4.78, 5) is 30.6. The van der Waals surface area contributed by atoms with Crippen molar-refractivity contribution in [3.8, 4) is 0 Å². The molecule has 0 aliphatic carbocycles. The molecule has 0 unspecified atom stereocenters. The second-order valence-corrected chi connectivity index (χ2v) is 12.2. The minimum atomic E-state index is -0.617. The number of rotatable bonds is 9. The minimum Gasteiger partial charge on any atom is -0.466 e. The fourth-order valence-electron chi connectivity index (χ4n) is 5.98. The van der Waals surface area contributed by atoms with E-state index in [1.807, 2.05) is 38.1 Å². The van der Waals surface area contributed by atoms with Gasteiger partial charge in [0.2, 0.25) is 0 Å². The molecule has 3 aliphatic heterocycles. The largest absolute Gasteiger partial charge is 0.466 e. The van der Waals surface area contributed by atoms with Crippen LogP contribution in [0.3, 0.4) is 0 Å². The molecule has 0 bridgehead atoms. The highest BCUT2D eigenvalue weighted by Gasteiger charge is 2.37. The molecule has 3 aliphatic rings. The summed E-state index contributed by atoms with van der Waals surface area (Å²) >= 11 is 0. The van der Waals surface area contributed by atoms with Crippen molar-refractivity contribution in [1.82, 2.24) is 15.1 Å². The van der Waals surface area contributed by atoms with Gasteiger partial charge in [0.05, 0.1) is 31.3 Å². The van der Waals surface area contributed by atoms with Crippen LogP contribution in [0.4, 0.5) is 5.69 Å². The van der Waals surface area contributed by atoms with E-state index >= 15 is 0 Å². The Bertz CT molecular complexity index is 1090. The van der Waals surface area contributed by atoms with Crippen LogP contribution < -0.4 is 10.6 Å². The number of esters is 2. The Labute approximate surface area is 234 Å². The first-order valence-corrected chi connectivity index (χ1v) is 15.3. The number of allylic oxidation sites excluding steroid dienone is 2. The molecule has 4 rings (SSSR count). The lowest BCUT2D eigenvalue weighted by atomic mass is 9.80. The molecule has 39 heavy (non-hydrogen) atoms. The number of carbonyl (C=O) groups excluding carboxylic acids is 2. The van der Waals surface area contributed by atoms with Crippen molar-refractivity contribution >= 4 is 28.4 Å². The highest BCUT2D eigenvalue weighted by atomic mass is 32.2. The molecule has 3 heterocycles. The van der Waals surface area contributed by atoms with Gasteiger partial charge in [-0.2, -0.15) is 0 Å². The molecular formula is C29H42N4O5S. The second-order valence-electron chi connectivity index (χ2n) is 10.5. The van der Waals surface area contributed by atoms with Gasteiger partial charge in [-0.15, -0.1) is 0 Å². The predicted molar refractivity (Wildman–Crippen MR) is 154 cm³/mol. The van der Waals surface area contributed by atoms with Gasteiger partial charge in [0.15, 0.2) is 0 Å². The van der Waals surface area contributed by atoms with E-state index in [0.717, 1.165) is 68.4 Å². The van der Waals surface area contributed by atoms with Gasteiger partial charge in [-0.25, -0.2) is 9.59 Å². The van der Waals surface area contributed by atoms with Crippen LogP contribution in [0.2, 0.25) is 0 Å². The molecule has 0 amide bonds. The molecule has 2 N–H and O–H groups in total. The maximum Gasteiger partial charge on any atom is 0.336 e. The van der Waals surface area contributed by atoms with Gasteiger partial charge in [0.25, 0.3) is 0 Å². The summed E-state index contributed by atoms with van der Waals surface area (Å²) in [5.74, 6) is 0.108. The highest BCUT2D eigenvalue weighted by Crippen LogP contribution is 2.39. The Balaban J connectivity index is 1.34. The van der Waals surface area contributed by atoms with Crippen molar-refractivity contribution in [2.75, 3.05) is 70.3 Å². The van der Waals surface area contributed by atoms with Gasteiger partial charge in [-0.1, -0.05) is 12.1 Å². The Hall–Kier alpha value is -2.69. The van der Waals surface area contributed by atoms with E-state index in [9.17, 15) is 13.8 Å². The molecule has 0 spiro atoms. The standard InChI is InChI=1S/C29H42N4O5S/c1-20-25(28(34)37-3)27(26(21(2)31-20)29(35)38-4)22-7-5-8-23(19-22)30-11-6-12-32-13-9-24(10-14-32)33-15-17-39(36)18-16-33/h5,7-8,19,24,27,30-31H,6,9-18H2,1-4H3. The topological polar surface area (TPSA) is 100 Å². The fourth-order valence-corrected chi connectivity index (χ4v) is 7.06. The molecule has 1 aromatic carbocycles. The third-order valence-electron chi connectivity index (χ3n) is 8.06. The van der Waals surface area contributed by atoms with Gasteiger partial charge >= 0.3 is 11.9 Å². The average molecular weight is 559 g/mol. The SMILES string of the molecule is COC(=O)C1=C(C)NC(C)=C(C(=O)OC)C1c1cccc(NCCCN2CCC(N3CCS(=O)CC3)CC2)c1. The van der Waals surface area contributed by atoms with Crippen LogP contribution >= 0.6 is 0 Å². The number of carbonyl (C=O) groups is 2. The van der Waals surface area contributed by atoms with Crippen LogP contribution in [0.1, 0.15) is 44.6 Å². The Morgan fingerprint density at radius 3 is 2.21 bits per heavy atom. The molecule has 0 aromatic heterocycles. The Morgan fingerprint density at radius 2 is 1.62 bits per heavy atom. The van der Waals surface area contributed by atoms with Crippen LogP contribution in [-0.4, -0.2) is 97.0 Å². The number of dihydropyridines is 1. The first kappa shape index (κ1) is 29.3. The zero-order valence-electron chi connectivity index (χ0n) is 23.6. The molecule has 214 valence electrons. The summed E-state index contributed by atoms with van der Waals surface area (Å²) in [5.41, 5.74) is 3.90. The Kier molecular flexibility index (Phi) is 10.2. The normalized spacial score (nSPS) is 20.6. The number of hydrogen-bond donors (Lipinski definition) is 2. The monoisotopic (exact) mass is 558 g/mol. The van der Waals surface area contributed by atoms with Crippen LogP contribution in [0.5, 0.6) is 0 Å².